The fourth-order valence-electron chi connectivity index (χ4n) is 1.29. The van der Waals surface area contributed by atoms with Crippen LogP contribution in [0.1, 0.15) is 40.0 Å². The Bertz CT molecular complexity index is 249. The molecular weight excluding hydrogens is 214 g/mol. The number of rotatable bonds is 8. The van der Waals surface area contributed by atoms with Crippen LogP contribution in [0.2, 0.25) is 0 Å². The smallest absolute Gasteiger partial charge is 0.211 e. The van der Waals surface area contributed by atoms with Gasteiger partial charge in [-0.25, -0.2) is 13.1 Å². The van der Waals surface area contributed by atoms with Crippen LogP contribution in [0.4, 0.5) is 0 Å². The monoisotopic (exact) mass is 237 g/mol. The van der Waals surface area contributed by atoms with Gasteiger partial charge in [0.25, 0.3) is 0 Å². The predicted molar refractivity (Wildman–Crippen MR) is 62.2 cm³/mol. The second-order valence-electron chi connectivity index (χ2n) is 4.15. The molecule has 15 heavy (non-hydrogen) atoms. The summed E-state index contributed by atoms with van der Waals surface area (Å²) >= 11 is 0. The molecule has 2 N–H and O–H groups in total. The molecule has 1 unspecified atom stereocenters. The van der Waals surface area contributed by atoms with Gasteiger partial charge in [0.05, 0.1) is 5.75 Å². The van der Waals surface area contributed by atoms with Crippen LogP contribution >= 0.6 is 0 Å². The van der Waals surface area contributed by atoms with Crippen LogP contribution in [0.5, 0.6) is 0 Å². The quantitative estimate of drug-likeness (QED) is 0.664. The summed E-state index contributed by atoms with van der Waals surface area (Å²) in [5.41, 5.74) is 0. The average Bonchev–Trinajstić information content (AvgIpc) is 2.14. The first-order chi connectivity index (χ1) is 6.93. The first-order valence-corrected chi connectivity index (χ1v) is 7.19. The number of unbranched alkanes of at least 4 members (excludes halogenated alkanes) is 1. The molecule has 0 aromatic heterocycles. The zero-order valence-electron chi connectivity index (χ0n) is 9.86. The Morgan fingerprint density at radius 2 is 1.93 bits per heavy atom. The lowest BCUT2D eigenvalue weighted by atomic mass is 10.0. The van der Waals surface area contributed by atoms with Crippen molar-refractivity contribution in [1.82, 2.24) is 4.72 Å². The third kappa shape index (κ3) is 6.87. The molecule has 0 bridgehead atoms. The van der Waals surface area contributed by atoms with Crippen LogP contribution in [0, 0.1) is 5.92 Å². The highest BCUT2D eigenvalue weighted by Gasteiger charge is 2.19. The van der Waals surface area contributed by atoms with Crippen molar-refractivity contribution < 1.29 is 13.5 Å². The maximum Gasteiger partial charge on any atom is 0.211 e. The summed E-state index contributed by atoms with van der Waals surface area (Å²) in [5.74, 6) is 0.381. The largest absolute Gasteiger partial charge is 0.396 e. The van der Waals surface area contributed by atoms with E-state index in [2.05, 4.69) is 4.72 Å². The van der Waals surface area contributed by atoms with Crippen molar-refractivity contribution in [3.05, 3.63) is 0 Å². The number of hydrogen-bond acceptors (Lipinski definition) is 3. The molecule has 0 aliphatic heterocycles. The summed E-state index contributed by atoms with van der Waals surface area (Å²) in [4.78, 5) is 0. The van der Waals surface area contributed by atoms with E-state index in [0.29, 0.717) is 12.8 Å². The third-order valence-corrected chi connectivity index (χ3v) is 3.83. The summed E-state index contributed by atoms with van der Waals surface area (Å²) in [5, 5.41) is 8.82. The van der Waals surface area contributed by atoms with Gasteiger partial charge in [-0.15, -0.1) is 0 Å². The van der Waals surface area contributed by atoms with E-state index < -0.39 is 10.0 Å². The van der Waals surface area contributed by atoms with Crippen molar-refractivity contribution in [3.63, 3.8) is 0 Å². The Kier molecular flexibility index (Phi) is 7.13. The standard InChI is InChI=1S/C10H23NO3S/c1-4-5-8-15(13,14)11-10(6-7-12)9(2)3/h9-12H,4-8H2,1-3H3. The third-order valence-electron chi connectivity index (χ3n) is 2.34. The van der Waals surface area contributed by atoms with Crippen molar-refractivity contribution in [1.29, 1.82) is 0 Å². The SMILES string of the molecule is CCCCS(=O)(=O)NC(CCO)C(C)C. The second kappa shape index (κ2) is 7.19. The minimum absolute atomic E-state index is 0.0130. The second-order valence-corrected chi connectivity index (χ2v) is 6.03. The van der Waals surface area contributed by atoms with Gasteiger partial charge < -0.3 is 5.11 Å². The summed E-state index contributed by atoms with van der Waals surface area (Å²) in [6.45, 7) is 5.87. The van der Waals surface area contributed by atoms with E-state index in [1.165, 1.54) is 0 Å². The molecule has 0 aromatic rings. The molecule has 0 aliphatic rings. The van der Waals surface area contributed by atoms with E-state index in [9.17, 15) is 8.42 Å². The lowest BCUT2D eigenvalue weighted by Gasteiger charge is -2.21. The molecule has 0 aliphatic carbocycles. The van der Waals surface area contributed by atoms with Gasteiger partial charge in [-0.1, -0.05) is 27.2 Å². The highest BCUT2D eigenvalue weighted by Crippen LogP contribution is 2.08. The maximum absolute atomic E-state index is 11.6. The molecule has 4 nitrogen and oxygen atoms in total. The van der Waals surface area contributed by atoms with Gasteiger partial charge >= 0.3 is 0 Å². The van der Waals surface area contributed by atoms with Crippen LogP contribution in [0.15, 0.2) is 0 Å². The topological polar surface area (TPSA) is 66.4 Å². The van der Waals surface area contributed by atoms with E-state index in [4.69, 9.17) is 5.11 Å². The molecule has 5 heteroatoms. The average molecular weight is 237 g/mol. The van der Waals surface area contributed by atoms with Crippen LogP contribution in [-0.2, 0) is 10.0 Å². The van der Waals surface area contributed by atoms with Crippen molar-refractivity contribution in [3.8, 4) is 0 Å². The lowest BCUT2D eigenvalue weighted by Crippen LogP contribution is -2.40. The van der Waals surface area contributed by atoms with Crippen LogP contribution in [0.3, 0.4) is 0 Å². The molecular formula is C10H23NO3S. The van der Waals surface area contributed by atoms with E-state index in [1.54, 1.807) is 0 Å². The number of sulfonamides is 1. The molecule has 0 amide bonds. The predicted octanol–water partition coefficient (Wildman–Crippen LogP) is 1.11. The maximum atomic E-state index is 11.6. The highest BCUT2D eigenvalue weighted by molar-refractivity contribution is 7.89. The Labute approximate surface area is 93.1 Å². The van der Waals surface area contributed by atoms with Gasteiger partial charge in [-0.05, 0) is 18.8 Å². The molecule has 0 fully saturated rings. The number of aliphatic hydroxyl groups excluding tert-OH is 1. The van der Waals surface area contributed by atoms with Gasteiger partial charge in [0.2, 0.25) is 10.0 Å². The molecule has 92 valence electrons. The molecule has 1 atom stereocenters. The fraction of sp³-hybridized carbons (Fsp3) is 1.00. The molecule has 0 heterocycles. The van der Waals surface area contributed by atoms with E-state index in [0.717, 1.165) is 6.42 Å². The zero-order chi connectivity index (χ0) is 11.9. The Morgan fingerprint density at radius 1 is 1.33 bits per heavy atom. The molecule has 0 aromatic carbocycles. The van der Waals surface area contributed by atoms with Crippen molar-refractivity contribution >= 4 is 10.0 Å². The highest BCUT2D eigenvalue weighted by atomic mass is 32.2. The minimum atomic E-state index is -3.17. The number of hydrogen-bond donors (Lipinski definition) is 2. The van der Waals surface area contributed by atoms with Gasteiger partial charge in [0.1, 0.15) is 0 Å². The summed E-state index contributed by atoms with van der Waals surface area (Å²) in [7, 11) is -3.17. The van der Waals surface area contributed by atoms with Crippen LogP contribution in [0.25, 0.3) is 0 Å². The van der Waals surface area contributed by atoms with Crippen LogP contribution < -0.4 is 4.72 Å². The van der Waals surface area contributed by atoms with E-state index in [1.807, 2.05) is 20.8 Å². The van der Waals surface area contributed by atoms with Gasteiger partial charge in [0.15, 0.2) is 0 Å². The van der Waals surface area contributed by atoms with Gasteiger partial charge in [-0.2, -0.15) is 0 Å². The lowest BCUT2D eigenvalue weighted by molar-refractivity contribution is 0.256. The van der Waals surface area contributed by atoms with Crippen LogP contribution in [-0.4, -0.2) is 31.9 Å². The molecule has 0 saturated heterocycles. The van der Waals surface area contributed by atoms with E-state index in [-0.39, 0.29) is 24.3 Å². The van der Waals surface area contributed by atoms with Crippen molar-refractivity contribution in [2.75, 3.05) is 12.4 Å². The normalized spacial score (nSPS) is 14.5. The van der Waals surface area contributed by atoms with Gasteiger partial charge in [0, 0.05) is 12.6 Å². The molecule has 0 saturated carbocycles. The van der Waals surface area contributed by atoms with Gasteiger partial charge in [-0.3, -0.25) is 0 Å². The molecule has 0 rings (SSSR count). The number of aliphatic hydroxyl groups is 1. The minimum Gasteiger partial charge on any atom is -0.396 e. The Hall–Kier alpha value is -0.130. The van der Waals surface area contributed by atoms with E-state index >= 15 is 0 Å². The van der Waals surface area contributed by atoms with Crippen molar-refractivity contribution in [2.45, 2.75) is 46.1 Å². The Morgan fingerprint density at radius 3 is 2.33 bits per heavy atom. The fourth-order valence-corrected chi connectivity index (χ4v) is 2.93. The van der Waals surface area contributed by atoms with Crippen molar-refractivity contribution in [2.24, 2.45) is 5.92 Å². The summed E-state index contributed by atoms with van der Waals surface area (Å²) in [6, 6.07) is -0.156. The molecule has 0 spiro atoms. The Balaban J connectivity index is 4.25. The first kappa shape index (κ1) is 14.9. The summed E-state index contributed by atoms with van der Waals surface area (Å²) in [6.07, 6.45) is 2.02. The number of nitrogens with one attached hydrogen (secondary N) is 1. The molecule has 0 radical (unpaired) electrons. The first-order valence-electron chi connectivity index (χ1n) is 5.53. The summed E-state index contributed by atoms with van der Waals surface area (Å²) < 4.78 is 25.8. The zero-order valence-corrected chi connectivity index (χ0v) is 10.7.